The van der Waals surface area contributed by atoms with Gasteiger partial charge in [-0.15, -0.1) is 0 Å². The van der Waals surface area contributed by atoms with Crippen LogP contribution in [0.1, 0.15) is 38.4 Å². The van der Waals surface area contributed by atoms with Crippen molar-refractivity contribution >= 4 is 28.7 Å². The number of benzene rings is 2. The Morgan fingerprint density at radius 3 is 2.40 bits per heavy atom. The second-order valence-corrected chi connectivity index (χ2v) is 7.49. The lowest BCUT2D eigenvalue weighted by molar-refractivity contribution is -0.140. The van der Waals surface area contributed by atoms with Crippen LogP contribution in [0, 0.1) is 5.82 Å². The first-order valence-corrected chi connectivity index (χ1v) is 9.76. The fourth-order valence-corrected chi connectivity index (χ4v) is 3.67. The number of halogens is 1. The molecule has 0 saturated carbocycles. The zero-order valence-corrected chi connectivity index (χ0v) is 16.9. The van der Waals surface area contributed by atoms with E-state index < -0.39 is 24.3 Å². The SMILES string of the molecule is CC(C)n1c(C=CC(O)CC(=O)CC(=O)O)c(-c2ccc(F)cc2)c2ccccc21. The molecule has 30 heavy (non-hydrogen) atoms. The zero-order valence-electron chi connectivity index (χ0n) is 16.9. The number of carboxylic acids is 1. The monoisotopic (exact) mass is 409 g/mol. The van der Waals surface area contributed by atoms with Crippen LogP contribution in [-0.2, 0) is 9.59 Å². The average molecular weight is 409 g/mol. The van der Waals surface area contributed by atoms with Crippen LogP contribution < -0.4 is 0 Å². The van der Waals surface area contributed by atoms with E-state index in [-0.39, 0.29) is 18.3 Å². The number of aliphatic carboxylic acids is 1. The molecule has 0 aliphatic rings. The summed E-state index contributed by atoms with van der Waals surface area (Å²) in [5.74, 6) is -2.08. The van der Waals surface area contributed by atoms with Crippen LogP contribution in [0.5, 0.6) is 0 Å². The number of hydrogen-bond acceptors (Lipinski definition) is 3. The molecule has 2 N–H and O–H groups in total. The van der Waals surface area contributed by atoms with Gasteiger partial charge in [0.2, 0.25) is 0 Å². The van der Waals surface area contributed by atoms with E-state index in [4.69, 9.17) is 5.11 Å². The number of hydrogen-bond donors (Lipinski definition) is 2. The van der Waals surface area contributed by atoms with Gasteiger partial charge >= 0.3 is 5.97 Å². The van der Waals surface area contributed by atoms with Crippen molar-refractivity contribution in [2.45, 2.75) is 38.8 Å². The molecule has 6 heteroatoms. The standard InChI is InChI=1S/C24H24FNO4/c1-15(2)26-21-6-4-3-5-20(21)24(16-7-9-17(25)10-8-16)22(26)12-11-18(27)13-19(28)14-23(29)30/h3-12,15,18,27H,13-14H2,1-2H3,(H,29,30). The number of fused-ring (bicyclic) bond motifs is 1. The summed E-state index contributed by atoms with van der Waals surface area (Å²) >= 11 is 0. The molecular formula is C24H24FNO4. The van der Waals surface area contributed by atoms with Crippen molar-refractivity contribution in [3.63, 3.8) is 0 Å². The van der Waals surface area contributed by atoms with E-state index in [2.05, 4.69) is 4.57 Å². The molecule has 3 aromatic rings. The smallest absolute Gasteiger partial charge is 0.310 e. The second kappa shape index (κ2) is 9.05. The molecule has 0 bridgehead atoms. The normalized spacial score (nSPS) is 12.7. The lowest BCUT2D eigenvalue weighted by Gasteiger charge is -2.14. The largest absolute Gasteiger partial charge is 0.481 e. The topological polar surface area (TPSA) is 79.5 Å². The van der Waals surface area contributed by atoms with Crippen LogP contribution in [0.2, 0.25) is 0 Å². The van der Waals surface area contributed by atoms with E-state index in [0.717, 1.165) is 27.7 Å². The third kappa shape index (κ3) is 4.66. The van der Waals surface area contributed by atoms with Crippen molar-refractivity contribution in [1.29, 1.82) is 0 Å². The number of aliphatic hydroxyl groups is 1. The summed E-state index contributed by atoms with van der Waals surface area (Å²) in [7, 11) is 0. The maximum atomic E-state index is 13.5. The van der Waals surface area contributed by atoms with E-state index in [1.165, 1.54) is 18.2 Å². The van der Waals surface area contributed by atoms with E-state index in [0.29, 0.717) is 0 Å². The maximum absolute atomic E-state index is 13.5. The first-order chi connectivity index (χ1) is 14.3. The first-order valence-electron chi connectivity index (χ1n) is 9.76. The summed E-state index contributed by atoms with van der Waals surface area (Å²) in [5.41, 5.74) is 3.56. The van der Waals surface area contributed by atoms with Crippen molar-refractivity contribution in [3.05, 3.63) is 66.1 Å². The number of aliphatic hydroxyl groups excluding tert-OH is 1. The highest BCUT2D eigenvalue weighted by Gasteiger charge is 2.19. The number of aromatic nitrogens is 1. The molecule has 5 nitrogen and oxygen atoms in total. The zero-order chi connectivity index (χ0) is 21.8. The van der Waals surface area contributed by atoms with Crippen molar-refractivity contribution < 1.29 is 24.2 Å². The third-order valence-corrected chi connectivity index (χ3v) is 4.86. The molecule has 0 fully saturated rings. The number of nitrogens with zero attached hydrogens (tertiary/aromatic N) is 1. The van der Waals surface area contributed by atoms with E-state index >= 15 is 0 Å². The average Bonchev–Trinajstić information content (AvgIpc) is 3.00. The molecule has 0 amide bonds. The highest BCUT2D eigenvalue weighted by molar-refractivity contribution is 6.01. The molecule has 1 atom stereocenters. The number of carbonyl (C=O) groups excluding carboxylic acids is 1. The molecule has 156 valence electrons. The number of para-hydroxylation sites is 1. The molecule has 3 rings (SSSR count). The van der Waals surface area contributed by atoms with Gasteiger partial charge in [0, 0.05) is 34.6 Å². The fourth-order valence-electron chi connectivity index (χ4n) is 3.67. The van der Waals surface area contributed by atoms with Gasteiger partial charge in [0.25, 0.3) is 0 Å². The third-order valence-electron chi connectivity index (χ3n) is 4.86. The summed E-state index contributed by atoms with van der Waals surface area (Å²) in [6.07, 6.45) is 1.27. The molecule has 0 spiro atoms. The number of carboxylic acid groups (broad SMARTS) is 1. The Bertz CT molecular complexity index is 1100. The molecule has 2 aromatic carbocycles. The Morgan fingerprint density at radius 2 is 1.77 bits per heavy atom. The maximum Gasteiger partial charge on any atom is 0.310 e. The van der Waals surface area contributed by atoms with Crippen molar-refractivity contribution in [2.75, 3.05) is 0 Å². The van der Waals surface area contributed by atoms with Crippen molar-refractivity contribution in [2.24, 2.45) is 0 Å². The lowest BCUT2D eigenvalue weighted by Crippen LogP contribution is -2.14. The van der Waals surface area contributed by atoms with Gasteiger partial charge in [-0.25, -0.2) is 4.39 Å². The van der Waals surface area contributed by atoms with E-state index in [9.17, 15) is 19.1 Å². The molecular weight excluding hydrogens is 385 g/mol. The number of ketones is 1. The number of rotatable bonds is 8. The summed E-state index contributed by atoms with van der Waals surface area (Å²) in [6, 6.07) is 14.2. The van der Waals surface area contributed by atoms with Crippen LogP contribution in [0.15, 0.2) is 54.6 Å². The Labute approximate surface area is 174 Å². The summed E-state index contributed by atoms with van der Waals surface area (Å²) in [4.78, 5) is 22.4. The van der Waals surface area contributed by atoms with Crippen LogP contribution in [0.4, 0.5) is 4.39 Å². The Hall–Kier alpha value is -3.25. The van der Waals surface area contributed by atoms with Gasteiger partial charge in [-0.1, -0.05) is 36.4 Å². The molecule has 1 unspecified atom stereocenters. The highest BCUT2D eigenvalue weighted by Crippen LogP contribution is 2.37. The molecule has 1 heterocycles. The van der Waals surface area contributed by atoms with Gasteiger partial charge in [-0.2, -0.15) is 0 Å². The van der Waals surface area contributed by atoms with Gasteiger partial charge in [-0.3, -0.25) is 9.59 Å². The van der Waals surface area contributed by atoms with Gasteiger partial charge in [0.05, 0.1) is 6.10 Å². The predicted octanol–water partition coefficient (Wildman–Crippen LogP) is 4.84. The van der Waals surface area contributed by atoms with Crippen molar-refractivity contribution in [3.8, 4) is 11.1 Å². The Morgan fingerprint density at radius 1 is 1.10 bits per heavy atom. The summed E-state index contributed by atoms with van der Waals surface area (Å²) < 4.78 is 15.6. The summed E-state index contributed by atoms with van der Waals surface area (Å²) in [5, 5.41) is 19.9. The first kappa shape index (κ1) is 21.5. The van der Waals surface area contributed by atoms with E-state index in [1.54, 1.807) is 18.2 Å². The van der Waals surface area contributed by atoms with Gasteiger partial charge in [0.1, 0.15) is 18.0 Å². The minimum atomic E-state index is -1.21. The molecule has 1 aromatic heterocycles. The summed E-state index contributed by atoms with van der Waals surface area (Å²) in [6.45, 7) is 4.09. The fraction of sp³-hybridized carbons (Fsp3) is 0.250. The van der Waals surface area contributed by atoms with Gasteiger partial charge in [-0.05, 0) is 43.7 Å². The minimum Gasteiger partial charge on any atom is -0.481 e. The minimum absolute atomic E-state index is 0.106. The number of carbonyl (C=O) groups is 2. The molecule has 0 radical (unpaired) electrons. The van der Waals surface area contributed by atoms with Gasteiger partial charge in [0.15, 0.2) is 0 Å². The quantitative estimate of drug-likeness (QED) is 0.522. The molecule has 0 saturated heterocycles. The Balaban J connectivity index is 2.09. The van der Waals surface area contributed by atoms with Crippen LogP contribution >= 0.6 is 0 Å². The predicted molar refractivity (Wildman–Crippen MR) is 115 cm³/mol. The van der Waals surface area contributed by atoms with Crippen LogP contribution in [0.25, 0.3) is 28.1 Å². The van der Waals surface area contributed by atoms with Crippen molar-refractivity contribution in [1.82, 2.24) is 4.57 Å². The Kier molecular flexibility index (Phi) is 6.47. The van der Waals surface area contributed by atoms with Crippen LogP contribution in [-0.4, -0.2) is 32.6 Å². The second-order valence-electron chi connectivity index (χ2n) is 7.49. The van der Waals surface area contributed by atoms with Gasteiger partial charge < -0.3 is 14.8 Å². The molecule has 0 aliphatic heterocycles. The van der Waals surface area contributed by atoms with Crippen LogP contribution in [0.3, 0.4) is 0 Å². The highest BCUT2D eigenvalue weighted by atomic mass is 19.1. The van der Waals surface area contributed by atoms with E-state index in [1.807, 2.05) is 38.1 Å². The number of Topliss-reactive ketones (excluding diaryl/α,β-unsaturated/α-hetero) is 1. The lowest BCUT2D eigenvalue weighted by atomic mass is 10.0. The molecule has 0 aliphatic carbocycles.